The van der Waals surface area contributed by atoms with E-state index in [-0.39, 0.29) is 0 Å². The van der Waals surface area contributed by atoms with Crippen molar-refractivity contribution < 1.29 is 0 Å². The molecule has 0 saturated carbocycles. The van der Waals surface area contributed by atoms with Gasteiger partial charge in [0.05, 0.1) is 0 Å². The summed E-state index contributed by atoms with van der Waals surface area (Å²) in [5, 5.41) is 3.43. The van der Waals surface area contributed by atoms with Crippen LogP contribution in [-0.4, -0.2) is 23.1 Å². The van der Waals surface area contributed by atoms with Crippen molar-refractivity contribution in [3.05, 3.63) is 41.6 Å². The van der Waals surface area contributed by atoms with Crippen LogP contribution < -0.4 is 10.2 Å². The van der Waals surface area contributed by atoms with Gasteiger partial charge < -0.3 is 10.2 Å². The zero-order valence-corrected chi connectivity index (χ0v) is 14.3. The van der Waals surface area contributed by atoms with Crippen LogP contribution in [0.25, 0.3) is 0 Å². The number of piperidine rings is 1. The minimum absolute atomic E-state index is 0.463. The van der Waals surface area contributed by atoms with Gasteiger partial charge >= 0.3 is 0 Å². The van der Waals surface area contributed by atoms with Crippen LogP contribution in [-0.2, 0) is 0 Å². The van der Waals surface area contributed by atoms with E-state index in [9.17, 15) is 0 Å². The van der Waals surface area contributed by atoms with E-state index in [0.29, 0.717) is 11.9 Å². The van der Waals surface area contributed by atoms with Gasteiger partial charge in [-0.15, -0.1) is 0 Å². The van der Waals surface area contributed by atoms with Crippen LogP contribution >= 0.6 is 0 Å². The molecule has 0 atom stereocenters. The Bertz CT molecular complexity index is 660. The molecule has 2 aromatic rings. The summed E-state index contributed by atoms with van der Waals surface area (Å²) in [4.78, 5) is 11.7. The van der Waals surface area contributed by atoms with Gasteiger partial charge in [0, 0.05) is 30.5 Å². The molecule has 0 radical (unpaired) electrons. The average molecular weight is 310 g/mol. The number of para-hydroxylation sites is 1. The Balaban J connectivity index is 1.87. The molecule has 23 heavy (non-hydrogen) atoms. The summed E-state index contributed by atoms with van der Waals surface area (Å²) in [6, 6.07) is 10.5. The van der Waals surface area contributed by atoms with E-state index in [1.54, 1.807) is 0 Å². The predicted octanol–water partition coefficient (Wildman–Crippen LogP) is 4.64. The first-order valence-electron chi connectivity index (χ1n) is 8.60. The van der Waals surface area contributed by atoms with E-state index in [0.717, 1.165) is 30.3 Å². The third-order valence-corrected chi connectivity index (χ3v) is 4.35. The largest absolute Gasteiger partial charge is 0.356 e. The number of hydrogen-bond donors (Lipinski definition) is 1. The molecule has 1 fully saturated rings. The number of nitrogens with one attached hydrogen (secondary N) is 1. The Hall–Kier alpha value is -2.10. The Kier molecular flexibility index (Phi) is 4.79. The van der Waals surface area contributed by atoms with Gasteiger partial charge in [-0.3, -0.25) is 0 Å². The molecule has 1 aliphatic heterocycles. The van der Waals surface area contributed by atoms with E-state index in [4.69, 9.17) is 4.98 Å². The standard InChI is InChI=1S/C19H26N4/c1-14(2)16-9-5-6-10-17(16)21-19-20-15(3)13-18(22-19)23-11-7-4-8-12-23/h5-6,9-10,13-14H,4,7-8,11-12H2,1-3H3,(H,20,21,22). The highest BCUT2D eigenvalue weighted by Gasteiger charge is 2.14. The predicted molar refractivity (Wildman–Crippen MR) is 96.6 cm³/mol. The first-order valence-corrected chi connectivity index (χ1v) is 8.60. The fourth-order valence-corrected chi connectivity index (χ4v) is 3.13. The van der Waals surface area contributed by atoms with Crippen LogP contribution in [0.15, 0.2) is 30.3 Å². The summed E-state index contributed by atoms with van der Waals surface area (Å²) in [6.45, 7) is 8.64. The minimum atomic E-state index is 0.463. The van der Waals surface area contributed by atoms with E-state index in [1.807, 2.05) is 6.92 Å². The van der Waals surface area contributed by atoms with Gasteiger partial charge in [-0.2, -0.15) is 4.98 Å². The molecule has 0 unspecified atom stereocenters. The van der Waals surface area contributed by atoms with Crippen LogP contribution in [0.1, 0.15) is 50.3 Å². The maximum absolute atomic E-state index is 4.76. The highest BCUT2D eigenvalue weighted by atomic mass is 15.2. The quantitative estimate of drug-likeness (QED) is 0.893. The molecular formula is C19H26N4. The topological polar surface area (TPSA) is 41.1 Å². The lowest BCUT2D eigenvalue weighted by molar-refractivity contribution is 0.573. The lowest BCUT2D eigenvalue weighted by Crippen LogP contribution is -2.30. The first kappa shape index (κ1) is 15.8. The first-order chi connectivity index (χ1) is 11.1. The number of nitrogens with zero attached hydrogens (tertiary/aromatic N) is 3. The van der Waals surface area contributed by atoms with E-state index in [1.165, 1.54) is 24.8 Å². The van der Waals surface area contributed by atoms with Crippen molar-refractivity contribution in [2.45, 2.75) is 46.0 Å². The number of aryl methyl sites for hydroxylation is 1. The fraction of sp³-hybridized carbons (Fsp3) is 0.474. The van der Waals surface area contributed by atoms with Crippen molar-refractivity contribution in [1.29, 1.82) is 0 Å². The van der Waals surface area contributed by atoms with E-state index < -0.39 is 0 Å². The van der Waals surface area contributed by atoms with Crippen LogP contribution in [0, 0.1) is 6.92 Å². The van der Waals surface area contributed by atoms with Crippen molar-refractivity contribution in [2.24, 2.45) is 0 Å². The molecule has 4 heteroatoms. The molecule has 0 amide bonds. The summed E-state index contributed by atoms with van der Waals surface area (Å²) >= 11 is 0. The molecule has 4 nitrogen and oxygen atoms in total. The molecule has 1 aromatic heterocycles. The normalized spacial score (nSPS) is 15.0. The van der Waals surface area contributed by atoms with Gasteiger partial charge in [-0.1, -0.05) is 32.0 Å². The van der Waals surface area contributed by atoms with Crippen molar-refractivity contribution in [2.75, 3.05) is 23.3 Å². The number of anilines is 3. The highest BCUT2D eigenvalue weighted by Crippen LogP contribution is 2.27. The van der Waals surface area contributed by atoms with Gasteiger partial charge in [0.1, 0.15) is 5.82 Å². The molecule has 1 N–H and O–H groups in total. The van der Waals surface area contributed by atoms with Crippen LogP contribution in [0.2, 0.25) is 0 Å². The van der Waals surface area contributed by atoms with E-state index >= 15 is 0 Å². The van der Waals surface area contributed by atoms with Gasteiger partial charge in [0.25, 0.3) is 0 Å². The molecular weight excluding hydrogens is 284 g/mol. The summed E-state index contributed by atoms with van der Waals surface area (Å²) in [5.74, 6) is 2.20. The van der Waals surface area contributed by atoms with Gasteiger partial charge in [0.2, 0.25) is 5.95 Å². The number of rotatable bonds is 4. The molecule has 0 aliphatic carbocycles. The summed E-state index contributed by atoms with van der Waals surface area (Å²) in [7, 11) is 0. The minimum Gasteiger partial charge on any atom is -0.356 e. The molecule has 0 spiro atoms. The van der Waals surface area contributed by atoms with Crippen molar-refractivity contribution in [3.8, 4) is 0 Å². The van der Waals surface area contributed by atoms with Crippen LogP contribution in [0.4, 0.5) is 17.5 Å². The van der Waals surface area contributed by atoms with Gasteiger partial charge in [-0.05, 0) is 43.7 Å². The summed E-state index contributed by atoms with van der Waals surface area (Å²) in [6.07, 6.45) is 3.83. The zero-order chi connectivity index (χ0) is 16.2. The zero-order valence-electron chi connectivity index (χ0n) is 14.3. The molecule has 1 saturated heterocycles. The summed E-state index contributed by atoms with van der Waals surface area (Å²) < 4.78 is 0. The lowest BCUT2D eigenvalue weighted by atomic mass is 10.0. The van der Waals surface area contributed by atoms with Crippen molar-refractivity contribution in [3.63, 3.8) is 0 Å². The van der Waals surface area contributed by atoms with Gasteiger partial charge in [0.15, 0.2) is 0 Å². The van der Waals surface area contributed by atoms with Crippen LogP contribution in [0.3, 0.4) is 0 Å². The Morgan fingerprint density at radius 2 is 1.78 bits per heavy atom. The molecule has 1 aromatic carbocycles. The smallest absolute Gasteiger partial charge is 0.229 e. The second-order valence-corrected chi connectivity index (χ2v) is 6.61. The summed E-state index contributed by atoms with van der Waals surface area (Å²) in [5.41, 5.74) is 3.39. The fourth-order valence-electron chi connectivity index (χ4n) is 3.13. The van der Waals surface area contributed by atoms with E-state index in [2.05, 4.69) is 59.4 Å². The number of hydrogen-bond acceptors (Lipinski definition) is 4. The molecule has 3 rings (SSSR count). The van der Waals surface area contributed by atoms with Gasteiger partial charge in [-0.25, -0.2) is 4.98 Å². The third kappa shape index (κ3) is 3.81. The maximum atomic E-state index is 4.76. The number of aromatic nitrogens is 2. The Morgan fingerprint density at radius 1 is 1.04 bits per heavy atom. The SMILES string of the molecule is Cc1cc(N2CCCCC2)nc(Nc2ccccc2C(C)C)n1. The Labute approximate surface area is 139 Å². The molecule has 1 aliphatic rings. The second-order valence-electron chi connectivity index (χ2n) is 6.61. The van der Waals surface area contributed by atoms with Crippen molar-refractivity contribution in [1.82, 2.24) is 9.97 Å². The highest BCUT2D eigenvalue weighted by molar-refractivity contribution is 5.60. The molecule has 122 valence electrons. The molecule has 2 heterocycles. The lowest BCUT2D eigenvalue weighted by Gasteiger charge is -2.28. The maximum Gasteiger partial charge on any atom is 0.229 e. The second kappa shape index (κ2) is 6.99. The van der Waals surface area contributed by atoms with Crippen LogP contribution in [0.5, 0.6) is 0 Å². The third-order valence-electron chi connectivity index (χ3n) is 4.35. The number of benzene rings is 1. The Morgan fingerprint density at radius 3 is 2.52 bits per heavy atom. The average Bonchev–Trinajstić information content (AvgIpc) is 2.55. The van der Waals surface area contributed by atoms with Crippen molar-refractivity contribution >= 4 is 17.5 Å². The molecule has 0 bridgehead atoms. The monoisotopic (exact) mass is 310 g/mol.